The van der Waals surface area contributed by atoms with E-state index in [1.807, 2.05) is 13.8 Å². The predicted octanol–water partition coefficient (Wildman–Crippen LogP) is 1.90. The molecule has 1 heterocycles. The summed E-state index contributed by atoms with van der Waals surface area (Å²) in [5.41, 5.74) is -0.563. The summed E-state index contributed by atoms with van der Waals surface area (Å²) >= 11 is 3.26. The maximum Gasteiger partial charge on any atom is 0.143 e. The molecule has 3 nitrogen and oxygen atoms in total. The number of aromatic nitrogens is 2. The van der Waals surface area contributed by atoms with Crippen molar-refractivity contribution in [1.29, 1.82) is 5.26 Å². The van der Waals surface area contributed by atoms with Crippen molar-refractivity contribution in [3.63, 3.8) is 0 Å². The van der Waals surface area contributed by atoms with Crippen molar-refractivity contribution in [1.82, 2.24) is 9.78 Å². The van der Waals surface area contributed by atoms with Crippen molar-refractivity contribution < 1.29 is 0 Å². The van der Waals surface area contributed by atoms with Crippen LogP contribution in [0.1, 0.15) is 13.8 Å². The highest BCUT2D eigenvalue weighted by molar-refractivity contribution is 9.10. The van der Waals surface area contributed by atoms with Crippen LogP contribution in [0, 0.1) is 11.3 Å². The molecule has 1 aromatic heterocycles. The summed E-state index contributed by atoms with van der Waals surface area (Å²) < 4.78 is 2.51. The van der Waals surface area contributed by atoms with Gasteiger partial charge in [-0.25, -0.2) is 0 Å². The molecule has 0 aliphatic heterocycles. The van der Waals surface area contributed by atoms with Crippen molar-refractivity contribution >= 4 is 15.9 Å². The third kappa shape index (κ3) is 1.60. The SMILES string of the molecule is CC(C)(C#N)n1cc(Br)cn1. The normalized spacial score (nSPS) is 11.1. The molecule has 4 heteroatoms. The lowest BCUT2D eigenvalue weighted by molar-refractivity contribution is 0.418. The van der Waals surface area contributed by atoms with Crippen LogP contribution >= 0.6 is 15.9 Å². The fourth-order valence-electron chi connectivity index (χ4n) is 0.658. The second-order valence-corrected chi connectivity index (χ2v) is 3.69. The molecular weight excluding hydrogens is 206 g/mol. The molecular formula is C7H8BrN3. The van der Waals surface area contributed by atoms with Crippen molar-refractivity contribution in [2.24, 2.45) is 0 Å². The Kier molecular flexibility index (Phi) is 2.01. The van der Waals surface area contributed by atoms with Crippen molar-refractivity contribution in [2.45, 2.75) is 19.4 Å². The number of hydrogen-bond acceptors (Lipinski definition) is 2. The smallest absolute Gasteiger partial charge is 0.143 e. The Morgan fingerprint density at radius 3 is 2.73 bits per heavy atom. The Balaban J connectivity index is 3.04. The third-order valence-corrected chi connectivity index (χ3v) is 1.81. The first-order chi connectivity index (χ1) is 5.06. The van der Waals surface area contributed by atoms with E-state index in [1.54, 1.807) is 17.1 Å². The Bertz CT molecular complexity index is 295. The minimum Gasteiger partial charge on any atom is -0.252 e. The molecule has 0 saturated carbocycles. The first-order valence-electron chi connectivity index (χ1n) is 3.18. The molecule has 0 aliphatic rings. The van der Waals surface area contributed by atoms with Gasteiger partial charge in [0.15, 0.2) is 0 Å². The van der Waals surface area contributed by atoms with Gasteiger partial charge in [-0.05, 0) is 29.8 Å². The zero-order valence-corrected chi connectivity index (χ0v) is 7.96. The summed E-state index contributed by atoms with van der Waals surface area (Å²) in [7, 11) is 0. The van der Waals surface area contributed by atoms with E-state index in [4.69, 9.17) is 5.26 Å². The van der Waals surface area contributed by atoms with Gasteiger partial charge in [-0.15, -0.1) is 0 Å². The van der Waals surface area contributed by atoms with Crippen molar-refractivity contribution in [3.8, 4) is 6.07 Å². The molecule has 0 amide bonds. The van der Waals surface area contributed by atoms with Crippen LogP contribution in [0.3, 0.4) is 0 Å². The molecule has 58 valence electrons. The predicted molar refractivity (Wildman–Crippen MR) is 44.9 cm³/mol. The molecule has 1 rings (SSSR count). The molecule has 0 bridgehead atoms. The Hall–Kier alpha value is -0.820. The summed E-state index contributed by atoms with van der Waals surface area (Å²) in [6.07, 6.45) is 3.45. The highest BCUT2D eigenvalue weighted by atomic mass is 79.9. The maximum atomic E-state index is 8.73. The molecule has 0 fully saturated rings. The number of nitrogens with zero attached hydrogens (tertiary/aromatic N) is 3. The standard InChI is InChI=1S/C7H8BrN3/c1-7(2,5-9)11-4-6(8)3-10-11/h3-4H,1-2H3. The lowest BCUT2D eigenvalue weighted by atomic mass is 10.1. The van der Waals surface area contributed by atoms with E-state index in [0.29, 0.717) is 0 Å². The van der Waals surface area contributed by atoms with Gasteiger partial charge in [0.05, 0.1) is 16.7 Å². The first kappa shape index (κ1) is 8.28. The second kappa shape index (κ2) is 2.67. The highest BCUT2D eigenvalue weighted by Gasteiger charge is 2.19. The van der Waals surface area contributed by atoms with E-state index in [9.17, 15) is 0 Å². The quantitative estimate of drug-likeness (QED) is 0.716. The fraction of sp³-hybridized carbons (Fsp3) is 0.429. The highest BCUT2D eigenvalue weighted by Crippen LogP contribution is 2.15. The molecule has 0 aromatic carbocycles. The molecule has 11 heavy (non-hydrogen) atoms. The lowest BCUT2D eigenvalue weighted by Crippen LogP contribution is -2.24. The van der Waals surface area contributed by atoms with Gasteiger partial charge in [-0.2, -0.15) is 10.4 Å². The average Bonchev–Trinajstić information content (AvgIpc) is 2.36. The molecule has 0 radical (unpaired) electrons. The third-order valence-electron chi connectivity index (χ3n) is 1.40. The van der Waals surface area contributed by atoms with Gasteiger partial charge < -0.3 is 0 Å². The average molecular weight is 214 g/mol. The summed E-state index contributed by atoms with van der Waals surface area (Å²) in [5.74, 6) is 0. The van der Waals surface area contributed by atoms with Gasteiger partial charge in [0.1, 0.15) is 5.54 Å². The molecule has 0 aliphatic carbocycles. The fourth-order valence-corrected chi connectivity index (χ4v) is 0.943. The van der Waals surface area contributed by atoms with E-state index in [-0.39, 0.29) is 0 Å². The van der Waals surface area contributed by atoms with Gasteiger partial charge in [0, 0.05) is 6.20 Å². The van der Waals surface area contributed by atoms with E-state index in [0.717, 1.165) is 4.47 Å². The van der Waals surface area contributed by atoms with Crippen LogP contribution in [0.15, 0.2) is 16.9 Å². The minimum absolute atomic E-state index is 0.563. The minimum atomic E-state index is -0.563. The number of rotatable bonds is 1. The van der Waals surface area contributed by atoms with E-state index in [1.165, 1.54) is 0 Å². The molecule has 0 saturated heterocycles. The van der Waals surface area contributed by atoms with Crippen LogP contribution in [0.4, 0.5) is 0 Å². The van der Waals surface area contributed by atoms with Gasteiger partial charge in [0.25, 0.3) is 0 Å². The molecule has 0 atom stereocenters. The largest absolute Gasteiger partial charge is 0.252 e. The van der Waals surface area contributed by atoms with Crippen LogP contribution < -0.4 is 0 Å². The van der Waals surface area contributed by atoms with Gasteiger partial charge in [-0.3, -0.25) is 4.68 Å². The lowest BCUT2D eigenvalue weighted by Gasteiger charge is -2.14. The number of halogens is 1. The van der Waals surface area contributed by atoms with Crippen LogP contribution in [0.5, 0.6) is 0 Å². The molecule has 0 unspecified atom stereocenters. The summed E-state index contributed by atoms with van der Waals surface area (Å²) in [6, 6.07) is 2.15. The molecule has 0 N–H and O–H groups in total. The second-order valence-electron chi connectivity index (χ2n) is 2.77. The van der Waals surface area contributed by atoms with Crippen molar-refractivity contribution in [3.05, 3.63) is 16.9 Å². The maximum absolute atomic E-state index is 8.73. The van der Waals surface area contributed by atoms with Gasteiger partial charge in [-0.1, -0.05) is 0 Å². The van der Waals surface area contributed by atoms with Crippen LogP contribution in [0.25, 0.3) is 0 Å². The summed E-state index contributed by atoms with van der Waals surface area (Å²) in [5, 5.41) is 12.7. The zero-order valence-electron chi connectivity index (χ0n) is 6.37. The van der Waals surface area contributed by atoms with Crippen LogP contribution in [-0.4, -0.2) is 9.78 Å². The summed E-state index contributed by atoms with van der Waals surface area (Å²) in [6.45, 7) is 3.62. The number of hydrogen-bond donors (Lipinski definition) is 0. The van der Waals surface area contributed by atoms with Crippen molar-refractivity contribution in [2.75, 3.05) is 0 Å². The van der Waals surface area contributed by atoms with Gasteiger partial charge in [0.2, 0.25) is 0 Å². The molecule has 0 spiro atoms. The van der Waals surface area contributed by atoms with E-state index in [2.05, 4.69) is 27.1 Å². The zero-order chi connectivity index (χ0) is 8.48. The van der Waals surface area contributed by atoms with Crippen LogP contribution in [0.2, 0.25) is 0 Å². The number of nitriles is 1. The van der Waals surface area contributed by atoms with Gasteiger partial charge >= 0.3 is 0 Å². The Morgan fingerprint density at radius 2 is 2.36 bits per heavy atom. The Morgan fingerprint density at radius 1 is 1.73 bits per heavy atom. The van der Waals surface area contributed by atoms with Crippen LogP contribution in [-0.2, 0) is 5.54 Å². The summed E-state index contributed by atoms with van der Waals surface area (Å²) in [4.78, 5) is 0. The Labute approximate surface area is 73.8 Å². The van der Waals surface area contributed by atoms with E-state index < -0.39 is 5.54 Å². The topological polar surface area (TPSA) is 41.6 Å². The monoisotopic (exact) mass is 213 g/mol. The first-order valence-corrected chi connectivity index (χ1v) is 3.97. The molecule has 1 aromatic rings. The van der Waals surface area contributed by atoms with E-state index >= 15 is 0 Å².